The number of methoxy groups -OCH3 is 1. The van der Waals surface area contributed by atoms with E-state index in [0.29, 0.717) is 27.9 Å². The predicted molar refractivity (Wildman–Crippen MR) is 94.8 cm³/mol. The van der Waals surface area contributed by atoms with E-state index in [0.717, 1.165) is 4.90 Å². The molecule has 0 aliphatic carbocycles. The third kappa shape index (κ3) is 4.63. The van der Waals surface area contributed by atoms with Crippen LogP contribution in [0, 0.1) is 0 Å². The summed E-state index contributed by atoms with van der Waals surface area (Å²) >= 11 is 5.39. The van der Waals surface area contributed by atoms with Crippen LogP contribution in [0.1, 0.15) is 12.0 Å². The van der Waals surface area contributed by atoms with Gasteiger partial charge in [-0.15, -0.1) is 0 Å². The average molecular weight is 502 g/mol. The Morgan fingerprint density at radius 2 is 2.22 bits per heavy atom. The lowest BCUT2D eigenvalue weighted by molar-refractivity contribution is -0.128. The largest absolute Gasteiger partial charge is 0.468 e. The Labute approximate surface area is 155 Å². The zero-order valence-corrected chi connectivity index (χ0v) is 16.0. The fraction of sp³-hybridized carbons (Fsp3) is 0.400. The van der Waals surface area contributed by atoms with E-state index in [4.69, 9.17) is 9.47 Å². The number of hydrogen-bond donors (Lipinski definition) is 0. The van der Waals surface area contributed by atoms with Crippen LogP contribution in [-0.2, 0) is 9.53 Å². The van der Waals surface area contributed by atoms with Gasteiger partial charge in [0.1, 0.15) is 5.75 Å². The second-order valence-electron chi connectivity index (χ2n) is 4.83. The molecule has 126 valence electrons. The molecular formula is C15H15BrF2INO3. The van der Waals surface area contributed by atoms with E-state index in [-0.39, 0.29) is 16.6 Å². The van der Waals surface area contributed by atoms with E-state index in [1.165, 1.54) is 7.11 Å². The number of benzene rings is 1. The Morgan fingerprint density at radius 3 is 2.83 bits per heavy atom. The Balaban J connectivity index is 2.32. The first kappa shape index (κ1) is 18.6. The Hall–Kier alpha value is -0.740. The van der Waals surface area contributed by atoms with E-state index in [1.807, 2.05) is 28.7 Å². The highest BCUT2D eigenvalue weighted by Gasteiger charge is 2.31. The molecule has 1 unspecified atom stereocenters. The first-order valence-electron chi connectivity index (χ1n) is 6.79. The van der Waals surface area contributed by atoms with Crippen molar-refractivity contribution >= 4 is 50.1 Å². The molecule has 0 spiro atoms. The van der Waals surface area contributed by atoms with Crippen LogP contribution in [0.25, 0.3) is 5.70 Å². The maximum Gasteiger partial charge on any atom is 0.256 e. The quantitative estimate of drug-likeness (QED) is 0.335. The predicted octanol–water partition coefficient (Wildman–Crippen LogP) is 4.07. The minimum Gasteiger partial charge on any atom is -0.468 e. The van der Waals surface area contributed by atoms with Gasteiger partial charge in [0.2, 0.25) is 5.91 Å². The van der Waals surface area contributed by atoms with Gasteiger partial charge in [0.05, 0.1) is 10.5 Å². The van der Waals surface area contributed by atoms with Crippen molar-refractivity contribution in [1.82, 2.24) is 4.90 Å². The number of hydrogen-bond acceptors (Lipinski definition) is 3. The maximum atomic E-state index is 12.8. The summed E-state index contributed by atoms with van der Waals surface area (Å²) in [6.45, 7) is -0.500. The number of alkyl halides is 3. The minimum absolute atomic E-state index is 0.112. The van der Waals surface area contributed by atoms with E-state index < -0.39 is 13.0 Å². The van der Waals surface area contributed by atoms with E-state index >= 15 is 0 Å². The summed E-state index contributed by atoms with van der Waals surface area (Å²) in [5, 5.41) is 0. The molecule has 4 nitrogen and oxygen atoms in total. The molecule has 0 bridgehead atoms. The monoisotopic (exact) mass is 501 g/mol. The van der Waals surface area contributed by atoms with Crippen molar-refractivity contribution in [3.05, 3.63) is 34.3 Å². The fourth-order valence-corrected chi connectivity index (χ4v) is 3.37. The molecule has 8 heteroatoms. The topological polar surface area (TPSA) is 38.8 Å². The summed E-state index contributed by atoms with van der Waals surface area (Å²) in [6, 6.07) is 5.16. The number of allylic oxidation sites excluding steroid dienone is 1. The van der Waals surface area contributed by atoms with Gasteiger partial charge in [0.15, 0.2) is 6.79 Å². The highest BCUT2D eigenvalue weighted by atomic mass is 127. The molecule has 1 aromatic rings. The lowest BCUT2D eigenvalue weighted by Gasteiger charge is -2.31. The second-order valence-corrected chi connectivity index (χ2v) is 7.18. The SMILES string of the molecule is COCOc1ccc(C2=CCC(I)C(=O)N2CC(F)F)c(Br)c1. The molecule has 0 aromatic heterocycles. The van der Waals surface area contributed by atoms with Gasteiger partial charge in [-0.05, 0) is 40.5 Å². The normalized spacial score (nSPS) is 18.3. The highest BCUT2D eigenvalue weighted by molar-refractivity contribution is 14.1. The van der Waals surface area contributed by atoms with Crippen LogP contribution >= 0.6 is 38.5 Å². The van der Waals surface area contributed by atoms with Crippen molar-refractivity contribution in [2.45, 2.75) is 16.8 Å². The molecule has 1 atom stereocenters. The van der Waals surface area contributed by atoms with Crippen molar-refractivity contribution < 1.29 is 23.0 Å². The Kier molecular flexibility index (Phi) is 6.78. The molecule has 0 saturated carbocycles. The van der Waals surface area contributed by atoms with Crippen molar-refractivity contribution in [2.75, 3.05) is 20.4 Å². The third-order valence-electron chi connectivity index (χ3n) is 3.22. The summed E-state index contributed by atoms with van der Waals surface area (Å²) < 4.78 is 36.2. The van der Waals surface area contributed by atoms with Gasteiger partial charge in [-0.2, -0.15) is 0 Å². The van der Waals surface area contributed by atoms with Crippen LogP contribution in [0.2, 0.25) is 0 Å². The van der Waals surface area contributed by atoms with Gasteiger partial charge in [-0.3, -0.25) is 4.79 Å². The highest BCUT2D eigenvalue weighted by Crippen LogP contribution is 2.35. The van der Waals surface area contributed by atoms with Crippen molar-refractivity contribution in [2.24, 2.45) is 0 Å². The number of ether oxygens (including phenoxy) is 2. The number of carbonyl (C=O) groups is 1. The zero-order valence-electron chi connectivity index (χ0n) is 12.3. The van der Waals surface area contributed by atoms with Crippen molar-refractivity contribution in [1.29, 1.82) is 0 Å². The molecule has 0 radical (unpaired) electrons. The number of carbonyl (C=O) groups excluding carboxylic acids is 1. The van der Waals surface area contributed by atoms with Gasteiger partial charge < -0.3 is 14.4 Å². The number of nitrogens with zero attached hydrogens (tertiary/aromatic N) is 1. The van der Waals surface area contributed by atoms with Crippen LogP contribution in [0.3, 0.4) is 0 Å². The van der Waals surface area contributed by atoms with Crippen molar-refractivity contribution in [3.8, 4) is 5.75 Å². The molecule has 0 N–H and O–H groups in total. The summed E-state index contributed by atoms with van der Waals surface area (Å²) in [6.07, 6.45) is -0.258. The smallest absolute Gasteiger partial charge is 0.256 e. The third-order valence-corrected chi connectivity index (χ3v) is 4.92. The molecule has 1 amide bonds. The van der Waals surface area contributed by atoms with Gasteiger partial charge in [-0.1, -0.05) is 28.7 Å². The van der Waals surface area contributed by atoms with Crippen LogP contribution in [-0.4, -0.2) is 41.6 Å². The molecule has 0 saturated heterocycles. The Bertz CT molecular complexity index is 612. The first-order chi connectivity index (χ1) is 10.9. The van der Waals surface area contributed by atoms with Crippen LogP contribution in [0.4, 0.5) is 8.78 Å². The van der Waals surface area contributed by atoms with E-state index in [1.54, 1.807) is 18.2 Å². The molecule has 2 rings (SSSR count). The van der Waals surface area contributed by atoms with E-state index in [9.17, 15) is 13.6 Å². The fourth-order valence-electron chi connectivity index (χ4n) is 2.22. The standard InChI is InChI=1S/C15H15BrF2INO3/c1-22-8-23-9-2-3-10(11(16)6-9)13-5-4-12(19)15(21)20(13)7-14(17)18/h2-3,5-6,12,14H,4,7-8H2,1H3. The molecular weight excluding hydrogens is 487 g/mol. The van der Waals surface area contributed by atoms with Crippen LogP contribution in [0.5, 0.6) is 5.75 Å². The van der Waals surface area contributed by atoms with Gasteiger partial charge in [0.25, 0.3) is 6.43 Å². The summed E-state index contributed by atoms with van der Waals surface area (Å²) in [4.78, 5) is 13.4. The van der Waals surface area contributed by atoms with Crippen LogP contribution in [0.15, 0.2) is 28.7 Å². The molecule has 1 aliphatic heterocycles. The maximum absolute atomic E-state index is 12.8. The van der Waals surface area contributed by atoms with Crippen molar-refractivity contribution in [3.63, 3.8) is 0 Å². The summed E-state index contributed by atoms with van der Waals surface area (Å²) in [7, 11) is 1.52. The van der Waals surface area contributed by atoms with E-state index in [2.05, 4.69) is 15.9 Å². The lowest BCUT2D eigenvalue weighted by atomic mass is 10.0. The zero-order chi connectivity index (χ0) is 17.0. The number of rotatable bonds is 6. The Morgan fingerprint density at radius 1 is 1.48 bits per heavy atom. The first-order valence-corrected chi connectivity index (χ1v) is 8.83. The number of halogens is 4. The molecule has 1 aromatic carbocycles. The lowest BCUT2D eigenvalue weighted by Crippen LogP contribution is -2.40. The molecule has 23 heavy (non-hydrogen) atoms. The molecule has 1 heterocycles. The second kappa shape index (κ2) is 8.39. The average Bonchev–Trinajstić information content (AvgIpc) is 2.50. The van der Waals surface area contributed by atoms with Crippen LogP contribution < -0.4 is 4.74 Å². The summed E-state index contributed by atoms with van der Waals surface area (Å²) in [5.41, 5.74) is 1.17. The summed E-state index contributed by atoms with van der Waals surface area (Å²) in [5.74, 6) is 0.285. The number of amides is 1. The van der Waals surface area contributed by atoms with Gasteiger partial charge >= 0.3 is 0 Å². The van der Waals surface area contributed by atoms with Gasteiger partial charge in [-0.25, -0.2) is 8.78 Å². The van der Waals surface area contributed by atoms with Gasteiger partial charge in [0, 0.05) is 22.8 Å². The molecule has 0 fully saturated rings. The molecule has 1 aliphatic rings. The minimum atomic E-state index is -2.59.